The molecule has 0 unspecified atom stereocenters. The number of nitriles is 2. The highest BCUT2D eigenvalue weighted by Crippen LogP contribution is 2.44. The third kappa shape index (κ3) is 4.75. The number of carbonyl (C=O) groups is 1. The van der Waals surface area contributed by atoms with Crippen LogP contribution < -0.4 is 19.9 Å². The summed E-state index contributed by atoms with van der Waals surface area (Å²) >= 11 is 1.23. The minimum atomic E-state index is -0.0834. The van der Waals surface area contributed by atoms with Crippen LogP contribution in [0.1, 0.15) is 22.3 Å². The molecule has 0 atom stereocenters. The van der Waals surface area contributed by atoms with Crippen molar-refractivity contribution in [2.24, 2.45) is 0 Å². The quantitative estimate of drug-likeness (QED) is 0.224. The molecule has 0 spiro atoms. The van der Waals surface area contributed by atoms with Gasteiger partial charge in [0, 0.05) is 28.5 Å². The number of methoxy groups -OCH3 is 3. The fourth-order valence-corrected chi connectivity index (χ4v) is 5.88. The summed E-state index contributed by atoms with van der Waals surface area (Å²) in [7, 11) is 4.45. The lowest BCUT2D eigenvalue weighted by Gasteiger charge is -2.17. The average Bonchev–Trinajstić information content (AvgIpc) is 3.34. The van der Waals surface area contributed by atoms with Gasteiger partial charge in [0.25, 0.3) is 0 Å². The Labute approximate surface area is 240 Å². The lowest BCUT2D eigenvalue weighted by Crippen LogP contribution is -2.11. The number of fused-ring (bicyclic) bond motifs is 3. The van der Waals surface area contributed by atoms with E-state index in [1.165, 1.54) is 33.1 Å². The van der Waals surface area contributed by atoms with Crippen LogP contribution in [0, 0.1) is 22.7 Å². The van der Waals surface area contributed by atoms with Crippen molar-refractivity contribution in [2.45, 2.75) is 11.4 Å². The SMILES string of the molecule is COc1cc(-c2c(C#N)c(N)nc(SCCC(=O)n3c4ccccc4c4ccccc43)c2C#N)cc(OC)c1OC. The summed E-state index contributed by atoms with van der Waals surface area (Å²) in [5.74, 6) is 1.32. The van der Waals surface area contributed by atoms with Crippen LogP contribution in [0.2, 0.25) is 0 Å². The number of para-hydroxylation sites is 2. The van der Waals surface area contributed by atoms with Crippen LogP contribution in [0.25, 0.3) is 32.9 Å². The number of rotatable bonds is 8. The molecule has 2 N–H and O–H groups in total. The van der Waals surface area contributed by atoms with Crippen LogP contribution in [-0.2, 0) is 0 Å². The molecule has 5 aromatic rings. The van der Waals surface area contributed by atoms with E-state index in [9.17, 15) is 15.3 Å². The number of nitrogens with two attached hydrogens (primary N) is 1. The first kappa shape index (κ1) is 27.4. The predicted molar refractivity (Wildman–Crippen MR) is 159 cm³/mol. The van der Waals surface area contributed by atoms with Crippen molar-refractivity contribution in [3.8, 4) is 40.5 Å². The summed E-state index contributed by atoms with van der Waals surface area (Å²) in [6.45, 7) is 0. The molecule has 9 nitrogen and oxygen atoms in total. The molecular weight excluding hydrogens is 538 g/mol. The van der Waals surface area contributed by atoms with Crippen molar-refractivity contribution < 1.29 is 19.0 Å². The summed E-state index contributed by atoms with van der Waals surface area (Å²) in [5, 5.41) is 22.5. The first-order chi connectivity index (χ1) is 20.0. The Morgan fingerprint density at radius 1 is 0.902 bits per heavy atom. The van der Waals surface area contributed by atoms with Gasteiger partial charge < -0.3 is 19.9 Å². The van der Waals surface area contributed by atoms with Crippen molar-refractivity contribution in [2.75, 3.05) is 32.8 Å². The van der Waals surface area contributed by atoms with Crippen molar-refractivity contribution in [1.82, 2.24) is 9.55 Å². The van der Waals surface area contributed by atoms with E-state index in [0.29, 0.717) is 39.2 Å². The number of thioether (sulfide) groups is 1. The lowest BCUT2D eigenvalue weighted by molar-refractivity contribution is 0.0920. The van der Waals surface area contributed by atoms with E-state index in [0.717, 1.165) is 21.8 Å². The van der Waals surface area contributed by atoms with Crippen LogP contribution in [-0.4, -0.2) is 42.5 Å². The monoisotopic (exact) mass is 563 g/mol. The van der Waals surface area contributed by atoms with E-state index in [1.54, 1.807) is 16.7 Å². The fraction of sp³-hybridized carbons (Fsp3) is 0.161. The van der Waals surface area contributed by atoms with Crippen LogP contribution >= 0.6 is 11.8 Å². The normalized spacial score (nSPS) is 10.8. The summed E-state index contributed by atoms with van der Waals surface area (Å²) in [5.41, 5.74) is 8.89. The lowest BCUT2D eigenvalue weighted by atomic mass is 9.96. The Bertz CT molecular complexity index is 1820. The minimum Gasteiger partial charge on any atom is -0.493 e. The molecule has 0 aliphatic heterocycles. The van der Waals surface area contributed by atoms with Crippen LogP contribution in [0.15, 0.2) is 65.7 Å². The maximum absolute atomic E-state index is 13.5. The van der Waals surface area contributed by atoms with Gasteiger partial charge in [0.05, 0.1) is 37.9 Å². The topological polar surface area (TPSA) is 136 Å². The predicted octanol–water partition coefficient (Wildman–Crippen LogP) is 6.03. The van der Waals surface area contributed by atoms with Crippen LogP contribution in [0.5, 0.6) is 17.2 Å². The number of hydrogen-bond donors (Lipinski definition) is 1. The van der Waals surface area contributed by atoms with Gasteiger partial charge in [-0.3, -0.25) is 9.36 Å². The zero-order valence-electron chi connectivity index (χ0n) is 22.6. The second kappa shape index (κ2) is 11.5. The van der Waals surface area contributed by atoms with Crippen molar-refractivity contribution in [3.63, 3.8) is 0 Å². The Morgan fingerprint density at radius 2 is 1.46 bits per heavy atom. The van der Waals surface area contributed by atoms with E-state index in [-0.39, 0.29) is 29.3 Å². The number of nitrogens with zero attached hydrogens (tertiary/aromatic N) is 4. The molecule has 0 bridgehead atoms. The van der Waals surface area contributed by atoms with Gasteiger partial charge in [-0.05, 0) is 29.8 Å². The van der Waals surface area contributed by atoms with E-state index < -0.39 is 0 Å². The summed E-state index contributed by atoms with van der Waals surface area (Å²) in [6, 6.07) is 23.2. The number of pyridine rings is 1. The number of aromatic nitrogens is 2. The Kier molecular flexibility index (Phi) is 7.68. The van der Waals surface area contributed by atoms with Crippen LogP contribution in [0.4, 0.5) is 5.82 Å². The third-order valence-corrected chi connectivity index (χ3v) is 7.73. The summed E-state index contributed by atoms with van der Waals surface area (Å²) < 4.78 is 18.1. The Balaban J connectivity index is 1.51. The molecular formula is C31H25N5O4S. The van der Waals surface area contributed by atoms with Gasteiger partial charge in [-0.25, -0.2) is 4.98 Å². The van der Waals surface area contributed by atoms with E-state index >= 15 is 0 Å². The number of benzene rings is 3. The van der Waals surface area contributed by atoms with Gasteiger partial charge >= 0.3 is 0 Å². The summed E-state index contributed by atoms with van der Waals surface area (Å²) in [6.07, 6.45) is 0.180. The molecule has 0 amide bonds. The molecule has 3 aromatic carbocycles. The number of hydrogen-bond acceptors (Lipinski definition) is 9. The smallest absolute Gasteiger partial charge is 0.232 e. The largest absolute Gasteiger partial charge is 0.493 e. The minimum absolute atomic E-state index is 0.0218. The van der Waals surface area contributed by atoms with E-state index in [2.05, 4.69) is 17.1 Å². The molecule has 0 saturated carbocycles. The number of ether oxygens (including phenoxy) is 3. The van der Waals surface area contributed by atoms with Gasteiger partial charge in [0.1, 0.15) is 28.5 Å². The molecule has 0 aliphatic carbocycles. The first-order valence-corrected chi connectivity index (χ1v) is 13.5. The summed E-state index contributed by atoms with van der Waals surface area (Å²) in [4.78, 5) is 17.9. The molecule has 10 heteroatoms. The van der Waals surface area contributed by atoms with Crippen molar-refractivity contribution >= 4 is 45.3 Å². The number of carbonyl (C=O) groups excluding carboxylic acids is 1. The fourth-order valence-electron chi connectivity index (χ4n) is 4.95. The molecule has 41 heavy (non-hydrogen) atoms. The molecule has 0 fully saturated rings. The highest BCUT2D eigenvalue weighted by atomic mass is 32.2. The number of nitrogen functional groups attached to an aromatic ring is 1. The highest BCUT2D eigenvalue weighted by Gasteiger charge is 2.24. The van der Waals surface area contributed by atoms with Crippen molar-refractivity contribution in [1.29, 1.82) is 10.5 Å². The second-order valence-electron chi connectivity index (χ2n) is 8.93. The molecule has 2 aromatic heterocycles. The number of anilines is 1. The van der Waals surface area contributed by atoms with Gasteiger partial charge in [0.15, 0.2) is 11.5 Å². The third-order valence-electron chi connectivity index (χ3n) is 6.75. The standard InChI is InChI=1S/C31H25N5O4S/c1-38-25-14-18(15-26(39-2)29(25)40-3)28-21(16-32)30(34)35-31(22(28)17-33)41-13-12-27(37)36-23-10-6-4-8-19(23)20-9-5-7-11-24(20)36/h4-11,14-15H,12-13H2,1-3H3,(H2,34,35). The molecule has 0 aliphatic rings. The zero-order valence-corrected chi connectivity index (χ0v) is 23.4. The molecule has 204 valence electrons. The molecule has 0 radical (unpaired) electrons. The van der Waals surface area contributed by atoms with Gasteiger partial charge in [-0.2, -0.15) is 10.5 Å². The maximum atomic E-state index is 13.5. The van der Waals surface area contributed by atoms with Crippen LogP contribution in [0.3, 0.4) is 0 Å². The average molecular weight is 564 g/mol. The second-order valence-corrected chi connectivity index (χ2v) is 10.0. The Morgan fingerprint density at radius 3 is 1.98 bits per heavy atom. The van der Waals surface area contributed by atoms with E-state index in [1.807, 2.05) is 48.5 Å². The Hall–Kier alpha value is -5.19. The molecule has 5 rings (SSSR count). The van der Waals surface area contributed by atoms with Gasteiger partial charge in [0.2, 0.25) is 11.7 Å². The zero-order chi connectivity index (χ0) is 29.1. The first-order valence-electron chi connectivity index (χ1n) is 12.6. The molecule has 2 heterocycles. The highest BCUT2D eigenvalue weighted by molar-refractivity contribution is 7.99. The van der Waals surface area contributed by atoms with Gasteiger partial charge in [-0.1, -0.05) is 36.4 Å². The molecule has 0 saturated heterocycles. The maximum Gasteiger partial charge on any atom is 0.232 e. The van der Waals surface area contributed by atoms with Crippen molar-refractivity contribution in [3.05, 3.63) is 71.8 Å². The van der Waals surface area contributed by atoms with E-state index in [4.69, 9.17) is 19.9 Å². The van der Waals surface area contributed by atoms with Gasteiger partial charge in [-0.15, -0.1) is 11.8 Å².